The first-order chi connectivity index (χ1) is 12.1. The van der Waals surface area contributed by atoms with Crippen LogP contribution in [0.25, 0.3) is 0 Å². The van der Waals surface area contributed by atoms with Gasteiger partial charge >= 0.3 is 5.97 Å². The van der Waals surface area contributed by atoms with Crippen LogP contribution in [0.5, 0.6) is 0 Å². The largest absolute Gasteiger partial charge is 0.477 e. The van der Waals surface area contributed by atoms with E-state index in [0.717, 1.165) is 32.4 Å². The molecule has 2 aromatic rings. The molecule has 0 radical (unpaired) electrons. The Kier molecular flexibility index (Phi) is 5.48. The van der Waals surface area contributed by atoms with Gasteiger partial charge < -0.3 is 10.0 Å². The Labute approximate surface area is 147 Å². The second-order valence-electron chi connectivity index (χ2n) is 6.51. The van der Waals surface area contributed by atoms with E-state index in [1.54, 1.807) is 0 Å². The van der Waals surface area contributed by atoms with Crippen molar-refractivity contribution >= 4 is 11.9 Å². The van der Waals surface area contributed by atoms with Crippen LogP contribution in [-0.4, -0.2) is 44.8 Å². The van der Waals surface area contributed by atoms with Crippen molar-refractivity contribution in [3.63, 3.8) is 0 Å². The number of amides is 1. The van der Waals surface area contributed by atoms with Gasteiger partial charge in [0.15, 0.2) is 0 Å². The lowest BCUT2D eigenvalue weighted by atomic mass is 9.90. The molecule has 1 aliphatic rings. The quantitative estimate of drug-likeness (QED) is 0.876. The minimum absolute atomic E-state index is 0.0741. The Morgan fingerprint density at radius 2 is 1.84 bits per heavy atom. The molecule has 0 aliphatic carbocycles. The maximum Gasteiger partial charge on any atom is 0.354 e. The first-order valence-electron chi connectivity index (χ1n) is 8.70. The van der Waals surface area contributed by atoms with Crippen LogP contribution in [0.3, 0.4) is 0 Å². The van der Waals surface area contributed by atoms with Gasteiger partial charge in [-0.1, -0.05) is 30.3 Å². The van der Waals surface area contributed by atoms with Gasteiger partial charge in [-0.2, -0.15) is 5.10 Å². The minimum atomic E-state index is -1.02. The van der Waals surface area contributed by atoms with Crippen molar-refractivity contribution in [2.75, 3.05) is 13.1 Å². The van der Waals surface area contributed by atoms with Gasteiger partial charge in [-0.15, -0.1) is 0 Å². The van der Waals surface area contributed by atoms with Gasteiger partial charge in [-0.3, -0.25) is 9.48 Å². The number of likely N-dealkylation sites (tertiary alicyclic amines) is 1. The topological polar surface area (TPSA) is 75.4 Å². The highest BCUT2D eigenvalue weighted by Gasteiger charge is 2.23. The van der Waals surface area contributed by atoms with Crippen LogP contribution >= 0.6 is 0 Å². The number of hydrogen-bond donors (Lipinski definition) is 1. The van der Waals surface area contributed by atoms with Gasteiger partial charge in [-0.05, 0) is 36.8 Å². The lowest BCUT2D eigenvalue weighted by Crippen LogP contribution is -2.39. The second-order valence-corrected chi connectivity index (χ2v) is 6.51. The summed E-state index contributed by atoms with van der Waals surface area (Å²) in [7, 11) is 0. The molecule has 2 heterocycles. The molecule has 1 fully saturated rings. The van der Waals surface area contributed by atoms with E-state index in [0.29, 0.717) is 12.5 Å². The zero-order chi connectivity index (χ0) is 17.6. The maximum atomic E-state index is 12.4. The molecule has 1 saturated heterocycles. The third kappa shape index (κ3) is 4.47. The van der Waals surface area contributed by atoms with Gasteiger partial charge in [0.25, 0.3) is 0 Å². The number of rotatable bonds is 6. The molecule has 1 aromatic heterocycles. The highest BCUT2D eigenvalue weighted by molar-refractivity contribution is 5.85. The Balaban J connectivity index is 1.45. The predicted octanol–water partition coefficient (Wildman–Crippen LogP) is 2.45. The SMILES string of the molecule is O=C(O)c1ccnn1CCC(=O)N1CCC(Cc2ccccc2)CC1. The number of hydrogen-bond acceptors (Lipinski definition) is 3. The van der Waals surface area contributed by atoms with Crippen molar-refractivity contribution < 1.29 is 14.7 Å². The number of carbonyl (C=O) groups excluding carboxylic acids is 1. The Hall–Kier alpha value is -2.63. The van der Waals surface area contributed by atoms with Crippen molar-refractivity contribution in [2.24, 2.45) is 5.92 Å². The summed E-state index contributed by atoms with van der Waals surface area (Å²) in [6.07, 6.45) is 4.83. The molecule has 0 saturated carbocycles. The lowest BCUT2D eigenvalue weighted by molar-refractivity contribution is -0.132. The molecular formula is C19H23N3O3. The Bertz CT molecular complexity index is 719. The number of aromatic nitrogens is 2. The maximum absolute atomic E-state index is 12.4. The molecule has 132 valence electrons. The minimum Gasteiger partial charge on any atom is -0.477 e. The van der Waals surface area contributed by atoms with Crippen LogP contribution in [0.1, 0.15) is 35.3 Å². The molecule has 0 unspecified atom stereocenters. The first-order valence-corrected chi connectivity index (χ1v) is 8.70. The molecule has 0 spiro atoms. The monoisotopic (exact) mass is 341 g/mol. The summed E-state index contributed by atoms with van der Waals surface area (Å²) in [5.74, 6) is -0.326. The van der Waals surface area contributed by atoms with Crippen molar-refractivity contribution in [3.8, 4) is 0 Å². The van der Waals surface area contributed by atoms with Crippen LogP contribution in [0.15, 0.2) is 42.6 Å². The number of aromatic carboxylic acids is 1. The smallest absolute Gasteiger partial charge is 0.354 e. The number of benzene rings is 1. The van der Waals surface area contributed by atoms with E-state index >= 15 is 0 Å². The molecule has 1 amide bonds. The van der Waals surface area contributed by atoms with Crippen LogP contribution in [0.4, 0.5) is 0 Å². The number of carbonyl (C=O) groups is 2. The zero-order valence-corrected chi connectivity index (χ0v) is 14.2. The predicted molar refractivity (Wildman–Crippen MR) is 93.3 cm³/mol. The normalized spacial score (nSPS) is 15.3. The second kappa shape index (κ2) is 7.96. The molecule has 0 atom stereocenters. The Morgan fingerprint density at radius 1 is 1.12 bits per heavy atom. The fourth-order valence-electron chi connectivity index (χ4n) is 3.39. The van der Waals surface area contributed by atoms with E-state index < -0.39 is 5.97 Å². The summed E-state index contributed by atoms with van der Waals surface area (Å²) in [4.78, 5) is 25.3. The van der Waals surface area contributed by atoms with Gasteiger partial charge in [0.05, 0.1) is 6.54 Å². The fourth-order valence-corrected chi connectivity index (χ4v) is 3.39. The first kappa shape index (κ1) is 17.2. The van der Waals surface area contributed by atoms with Crippen LogP contribution in [0.2, 0.25) is 0 Å². The van der Waals surface area contributed by atoms with Crippen molar-refractivity contribution in [3.05, 3.63) is 53.9 Å². The standard InChI is InChI=1S/C19H23N3O3/c23-18(9-13-22-17(19(24)25)6-10-20-22)21-11-7-16(8-12-21)14-15-4-2-1-3-5-15/h1-6,10,16H,7-9,11-14H2,(H,24,25). The molecular weight excluding hydrogens is 318 g/mol. The lowest BCUT2D eigenvalue weighted by Gasteiger charge is -2.32. The third-order valence-electron chi connectivity index (χ3n) is 4.81. The number of aryl methyl sites for hydroxylation is 1. The van der Waals surface area contributed by atoms with Crippen molar-refractivity contribution in [2.45, 2.75) is 32.2 Å². The molecule has 0 bridgehead atoms. The van der Waals surface area contributed by atoms with E-state index in [4.69, 9.17) is 5.11 Å². The molecule has 3 rings (SSSR count). The molecule has 1 aromatic carbocycles. The number of piperidine rings is 1. The molecule has 6 heteroatoms. The summed E-state index contributed by atoms with van der Waals surface area (Å²) in [5.41, 5.74) is 1.47. The summed E-state index contributed by atoms with van der Waals surface area (Å²) in [5, 5.41) is 13.0. The van der Waals surface area contributed by atoms with Gasteiger partial charge in [0.1, 0.15) is 5.69 Å². The van der Waals surface area contributed by atoms with Crippen molar-refractivity contribution in [1.82, 2.24) is 14.7 Å². The Morgan fingerprint density at radius 3 is 2.52 bits per heavy atom. The molecule has 1 aliphatic heterocycles. The van der Waals surface area contributed by atoms with E-state index in [1.165, 1.54) is 22.5 Å². The number of carboxylic acids is 1. The third-order valence-corrected chi connectivity index (χ3v) is 4.81. The summed E-state index contributed by atoms with van der Waals surface area (Å²) < 4.78 is 1.38. The summed E-state index contributed by atoms with van der Waals surface area (Å²) >= 11 is 0. The molecule has 6 nitrogen and oxygen atoms in total. The van der Waals surface area contributed by atoms with Crippen LogP contribution in [-0.2, 0) is 17.8 Å². The van der Waals surface area contributed by atoms with E-state index in [9.17, 15) is 9.59 Å². The average molecular weight is 341 g/mol. The summed E-state index contributed by atoms with van der Waals surface area (Å²) in [6.45, 7) is 1.86. The zero-order valence-electron chi connectivity index (χ0n) is 14.2. The molecule has 1 N–H and O–H groups in total. The molecule has 25 heavy (non-hydrogen) atoms. The van der Waals surface area contributed by atoms with Crippen LogP contribution in [0, 0.1) is 5.92 Å². The fraction of sp³-hybridized carbons (Fsp3) is 0.421. The van der Waals surface area contributed by atoms with Gasteiger partial charge in [0.2, 0.25) is 5.91 Å². The van der Waals surface area contributed by atoms with E-state index in [2.05, 4.69) is 29.4 Å². The number of nitrogens with zero attached hydrogens (tertiary/aromatic N) is 3. The number of carboxylic acid groups (broad SMARTS) is 1. The van der Waals surface area contributed by atoms with E-state index in [1.807, 2.05) is 11.0 Å². The van der Waals surface area contributed by atoms with Gasteiger partial charge in [0, 0.05) is 25.7 Å². The van der Waals surface area contributed by atoms with Crippen molar-refractivity contribution in [1.29, 1.82) is 0 Å². The van der Waals surface area contributed by atoms with Crippen LogP contribution < -0.4 is 0 Å². The summed E-state index contributed by atoms with van der Waals surface area (Å²) in [6, 6.07) is 11.9. The van der Waals surface area contributed by atoms with Gasteiger partial charge in [-0.25, -0.2) is 4.79 Å². The average Bonchev–Trinajstić information content (AvgIpc) is 3.10. The highest BCUT2D eigenvalue weighted by Crippen LogP contribution is 2.22. The van der Waals surface area contributed by atoms with E-state index in [-0.39, 0.29) is 18.0 Å². The highest BCUT2D eigenvalue weighted by atomic mass is 16.4.